The van der Waals surface area contributed by atoms with Crippen LogP contribution in [0.5, 0.6) is 0 Å². The van der Waals surface area contributed by atoms with Gasteiger partial charge in [0.15, 0.2) is 5.79 Å². The predicted molar refractivity (Wildman–Crippen MR) is 85.9 cm³/mol. The topological polar surface area (TPSA) is 55.8 Å². The van der Waals surface area contributed by atoms with E-state index in [-0.39, 0.29) is 5.41 Å². The van der Waals surface area contributed by atoms with Gasteiger partial charge in [-0.3, -0.25) is 4.79 Å². The van der Waals surface area contributed by atoms with Crippen LogP contribution < -0.4 is 0 Å². The van der Waals surface area contributed by atoms with Gasteiger partial charge in [0, 0.05) is 11.8 Å². The van der Waals surface area contributed by atoms with Crippen molar-refractivity contribution >= 4 is 5.97 Å². The minimum atomic E-state index is -0.640. The molecule has 0 aromatic rings. The van der Waals surface area contributed by atoms with Crippen molar-refractivity contribution in [3.05, 3.63) is 22.8 Å². The van der Waals surface area contributed by atoms with Gasteiger partial charge in [-0.25, -0.2) is 0 Å². The van der Waals surface area contributed by atoms with E-state index in [0.717, 1.165) is 44.1 Å². The number of fused-ring (bicyclic) bond motifs is 3. The molecule has 1 saturated carbocycles. The summed E-state index contributed by atoms with van der Waals surface area (Å²) in [6.07, 6.45) is 8.32. The largest absolute Gasteiger partial charge is 0.481 e. The molecule has 4 nitrogen and oxygen atoms in total. The van der Waals surface area contributed by atoms with Crippen molar-refractivity contribution < 1.29 is 19.4 Å². The number of carbonyl (C=O) groups is 1. The average molecular weight is 318 g/mol. The molecule has 1 N–H and O–H groups in total. The smallest absolute Gasteiger partial charge is 0.313 e. The molecule has 126 valence electrons. The van der Waals surface area contributed by atoms with Crippen LogP contribution in [0.15, 0.2) is 22.8 Å². The Morgan fingerprint density at radius 2 is 1.91 bits per heavy atom. The lowest BCUT2D eigenvalue weighted by Gasteiger charge is -2.54. The molecular weight excluding hydrogens is 292 g/mol. The van der Waals surface area contributed by atoms with Crippen LogP contribution >= 0.6 is 0 Å². The lowest BCUT2D eigenvalue weighted by Crippen LogP contribution is -2.50. The number of allylic oxidation sites excluding steroid dienone is 2. The second-order valence-electron chi connectivity index (χ2n) is 7.78. The molecule has 0 aromatic heterocycles. The Morgan fingerprint density at radius 1 is 1.17 bits per heavy atom. The monoisotopic (exact) mass is 318 g/mol. The number of carboxylic acid groups (broad SMARTS) is 1. The molecule has 2 atom stereocenters. The maximum Gasteiger partial charge on any atom is 0.313 e. The van der Waals surface area contributed by atoms with E-state index >= 15 is 0 Å². The fourth-order valence-corrected chi connectivity index (χ4v) is 5.63. The van der Waals surface area contributed by atoms with Gasteiger partial charge in [0.05, 0.1) is 18.6 Å². The number of aliphatic carboxylic acids is 1. The van der Waals surface area contributed by atoms with Crippen LogP contribution in [0.4, 0.5) is 0 Å². The summed E-state index contributed by atoms with van der Waals surface area (Å²) in [6.45, 7) is 5.70. The SMILES string of the molecule is CC1=C2CC[C@@]3(C(=O)O)CCCC=C3[C@@]2(C)CCC12OCCO2. The summed E-state index contributed by atoms with van der Waals surface area (Å²) < 4.78 is 12.0. The van der Waals surface area contributed by atoms with Gasteiger partial charge in [0.2, 0.25) is 0 Å². The summed E-state index contributed by atoms with van der Waals surface area (Å²) in [7, 11) is 0. The third-order valence-electron chi connectivity index (χ3n) is 6.88. The van der Waals surface area contributed by atoms with Gasteiger partial charge in [-0.05, 0) is 56.6 Å². The molecule has 1 heterocycles. The van der Waals surface area contributed by atoms with Crippen LogP contribution in [0.3, 0.4) is 0 Å². The van der Waals surface area contributed by atoms with Crippen molar-refractivity contribution in [3.8, 4) is 0 Å². The molecule has 23 heavy (non-hydrogen) atoms. The first kappa shape index (κ1) is 15.4. The molecule has 3 aliphatic carbocycles. The zero-order chi connectivity index (χ0) is 16.3. The van der Waals surface area contributed by atoms with Crippen molar-refractivity contribution in [3.63, 3.8) is 0 Å². The molecule has 4 heteroatoms. The van der Waals surface area contributed by atoms with Gasteiger partial charge in [0.25, 0.3) is 0 Å². The highest BCUT2D eigenvalue weighted by molar-refractivity contribution is 5.80. The van der Waals surface area contributed by atoms with E-state index in [2.05, 4.69) is 19.9 Å². The number of rotatable bonds is 1. The summed E-state index contributed by atoms with van der Waals surface area (Å²) in [5, 5.41) is 9.99. The molecule has 1 aliphatic heterocycles. The van der Waals surface area contributed by atoms with Crippen molar-refractivity contribution in [2.45, 2.75) is 64.6 Å². The van der Waals surface area contributed by atoms with Gasteiger partial charge in [-0.1, -0.05) is 18.6 Å². The molecular formula is C19H26O4. The van der Waals surface area contributed by atoms with Crippen LogP contribution in [0.1, 0.15) is 58.8 Å². The zero-order valence-corrected chi connectivity index (χ0v) is 14.1. The maximum atomic E-state index is 12.2. The molecule has 4 aliphatic rings. The third kappa shape index (κ3) is 1.88. The second kappa shape index (κ2) is 4.93. The minimum Gasteiger partial charge on any atom is -0.481 e. The summed E-state index contributed by atoms with van der Waals surface area (Å²) in [5.41, 5.74) is 2.96. The summed E-state index contributed by atoms with van der Waals surface area (Å²) >= 11 is 0. The van der Waals surface area contributed by atoms with E-state index in [0.29, 0.717) is 19.6 Å². The fraction of sp³-hybridized carbons (Fsp3) is 0.737. The van der Waals surface area contributed by atoms with E-state index in [1.807, 2.05) is 0 Å². The summed E-state index contributed by atoms with van der Waals surface area (Å²) in [6, 6.07) is 0. The van der Waals surface area contributed by atoms with Crippen molar-refractivity contribution in [2.24, 2.45) is 10.8 Å². The molecule has 1 saturated heterocycles. The van der Waals surface area contributed by atoms with Crippen LogP contribution in [-0.4, -0.2) is 30.1 Å². The van der Waals surface area contributed by atoms with E-state index in [1.54, 1.807) is 0 Å². The molecule has 4 rings (SSSR count). The Balaban J connectivity index is 1.84. The molecule has 1 spiro atoms. The van der Waals surface area contributed by atoms with Crippen molar-refractivity contribution in [1.29, 1.82) is 0 Å². The van der Waals surface area contributed by atoms with Crippen molar-refractivity contribution in [2.75, 3.05) is 13.2 Å². The van der Waals surface area contributed by atoms with Crippen LogP contribution in [0, 0.1) is 10.8 Å². The Morgan fingerprint density at radius 3 is 2.61 bits per heavy atom. The van der Waals surface area contributed by atoms with Gasteiger partial charge < -0.3 is 14.6 Å². The normalized spacial score (nSPS) is 39.0. The Labute approximate surface area is 137 Å². The minimum absolute atomic E-state index is 0.137. The fourth-order valence-electron chi connectivity index (χ4n) is 5.63. The van der Waals surface area contributed by atoms with Gasteiger partial charge >= 0.3 is 5.97 Å². The molecule has 2 fully saturated rings. The second-order valence-corrected chi connectivity index (χ2v) is 7.78. The van der Waals surface area contributed by atoms with Crippen LogP contribution in [-0.2, 0) is 14.3 Å². The number of hydrogen-bond donors (Lipinski definition) is 1. The number of carboxylic acids is 1. The lowest BCUT2D eigenvalue weighted by molar-refractivity contribution is -0.152. The molecule has 0 bridgehead atoms. The standard InChI is InChI=1S/C19H26O4/c1-13-14-6-8-18(16(20)21)7-4-3-5-15(18)17(14,2)9-10-19(13)22-11-12-23-19/h5H,3-4,6-12H2,1-2H3,(H,20,21)/t17-,18-/m0/s1. The van der Waals surface area contributed by atoms with Crippen LogP contribution in [0.25, 0.3) is 0 Å². The van der Waals surface area contributed by atoms with Crippen molar-refractivity contribution in [1.82, 2.24) is 0 Å². The first-order chi connectivity index (χ1) is 10.9. The highest BCUT2D eigenvalue weighted by atomic mass is 16.7. The lowest BCUT2D eigenvalue weighted by atomic mass is 9.50. The average Bonchev–Trinajstić information content (AvgIpc) is 3.02. The number of hydrogen-bond acceptors (Lipinski definition) is 3. The molecule has 0 aromatic carbocycles. The molecule has 0 amide bonds. The van der Waals surface area contributed by atoms with E-state index in [9.17, 15) is 9.90 Å². The third-order valence-corrected chi connectivity index (χ3v) is 6.88. The molecule has 0 unspecified atom stereocenters. The van der Waals surface area contributed by atoms with Gasteiger partial charge in [-0.2, -0.15) is 0 Å². The van der Waals surface area contributed by atoms with E-state index in [1.165, 1.54) is 11.1 Å². The van der Waals surface area contributed by atoms with E-state index in [4.69, 9.17) is 9.47 Å². The quantitative estimate of drug-likeness (QED) is 0.747. The van der Waals surface area contributed by atoms with E-state index < -0.39 is 17.2 Å². The number of ether oxygens (including phenoxy) is 2. The highest BCUT2D eigenvalue weighted by Crippen LogP contribution is 2.63. The van der Waals surface area contributed by atoms with Crippen LogP contribution in [0.2, 0.25) is 0 Å². The Hall–Kier alpha value is -1.13. The summed E-state index contributed by atoms with van der Waals surface area (Å²) in [5.74, 6) is -1.16. The first-order valence-electron chi connectivity index (χ1n) is 8.88. The predicted octanol–water partition coefficient (Wildman–Crippen LogP) is 3.82. The highest BCUT2D eigenvalue weighted by Gasteiger charge is 2.58. The molecule has 0 radical (unpaired) electrons. The zero-order valence-electron chi connectivity index (χ0n) is 14.1. The Bertz CT molecular complexity index is 611. The van der Waals surface area contributed by atoms with Gasteiger partial charge in [0.1, 0.15) is 0 Å². The summed E-state index contributed by atoms with van der Waals surface area (Å²) in [4.78, 5) is 12.2. The maximum absolute atomic E-state index is 12.2. The Kier molecular flexibility index (Phi) is 3.30. The van der Waals surface area contributed by atoms with Gasteiger partial charge in [-0.15, -0.1) is 0 Å². The first-order valence-corrected chi connectivity index (χ1v) is 8.88.